The number of hydrogen-bond donors (Lipinski definition) is 1. The van der Waals surface area contributed by atoms with Gasteiger partial charge in [0.1, 0.15) is 23.4 Å². The van der Waals surface area contributed by atoms with Gasteiger partial charge in [-0.2, -0.15) is 0 Å². The molecule has 0 spiro atoms. The predicted octanol–water partition coefficient (Wildman–Crippen LogP) is 4.21. The van der Waals surface area contributed by atoms with Gasteiger partial charge in [-0.3, -0.25) is 9.59 Å². The van der Waals surface area contributed by atoms with Gasteiger partial charge >= 0.3 is 6.03 Å². The fraction of sp³-hybridized carbons (Fsp3) is 0.192. The van der Waals surface area contributed by atoms with Crippen molar-refractivity contribution < 1.29 is 28.2 Å². The molecule has 35 heavy (non-hydrogen) atoms. The van der Waals surface area contributed by atoms with Gasteiger partial charge in [-0.05, 0) is 54.1 Å². The monoisotopic (exact) mass is 477 g/mol. The topological polar surface area (TPSA) is 88.2 Å². The maximum atomic E-state index is 13.4. The molecule has 3 aromatic carbocycles. The fourth-order valence-corrected chi connectivity index (χ4v) is 3.85. The first kappa shape index (κ1) is 23.7. The molecule has 0 bridgehead atoms. The van der Waals surface area contributed by atoms with Crippen LogP contribution in [0.25, 0.3) is 0 Å². The van der Waals surface area contributed by atoms with E-state index in [0.29, 0.717) is 22.9 Å². The highest BCUT2D eigenvalue weighted by molar-refractivity contribution is 6.22. The van der Waals surface area contributed by atoms with Crippen LogP contribution in [0.4, 0.5) is 20.6 Å². The van der Waals surface area contributed by atoms with E-state index in [1.807, 2.05) is 0 Å². The summed E-state index contributed by atoms with van der Waals surface area (Å²) in [6, 6.07) is 17.4. The van der Waals surface area contributed by atoms with E-state index in [-0.39, 0.29) is 13.0 Å². The van der Waals surface area contributed by atoms with Crippen molar-refractivity contribution in [2.45, 2.75) is 19.0 Å². The first-order valence-corrected chi connectivity index (χ1v) is 10.9. The highest BCUT2D eigenvalue weighted by atomic mass is 19.1. The van der Waals surface area contributed by atoms with Gasteiger partial charge in [0.25, 0.3) is 5.91 Å². The van der Waals surface area contributed by atoms with Crippen molar-refractivity contribution in [2.75, 3.05) is 24.4 Å². The van der Waals surface area contributed by atoms with Crippen LogP contribution < -0.4 is 19.7 Å². The third-order valence-electron chi connectivity index (χ3n) is 5.65. The molecular formula is C26H24FN3O5. The van der Waals surface area contributed by atoms with Gasteiger partial charge in [0.15, 0.2) is 0 Å². The van der Waals surface area contributed by atoms with Crippen LogP contribution in [-0.2, 0) is 16.1 Å². The minimum Gasteiger partial charge on any atom is -0.497 e. The van der Waals surface area contributed by atoms with Crippen LogP contribution in [0.15, 0.2) is 72.8 Å². The second-order valence-corrected chi connectivity index (χ2v) is 7.91. The Labute approximate surface area is 201 Å². The summed E-state index contributed by atoms with van der Waals surface area (Å²) in [5, 5.41) is 2.65. The van der Waals surface area contributed by atoms with Crippen LogP contribution in [-0.4, -0.2) is 43.0 Å². The predicted molar refractivity (Wildman–Crippen MR) is 128 cm³/mol. The van der Waals surface area contributed by atoms with Crippen molar-refractivity contribution in [3.05, 3.63) is 84.2 Å². The Morgan fingerprint density at radius 2 is 1.63 bits per heavy atom. The minimum absolute atomic E-state index is 0.115. The second kappa shape index (κ2) is 10.3. The number of urea groups is 1. The van der Waals surface area contributed by atoms with Crippen LogP contribution >= 0.6 is 0 Å². The molecule has 1 aliphatic rings. The maximum Gasteiger partial charge on any atom is 0.332 e. The molecule has 1 heterocycles. The molecule has 4 amide bonds. The number of benzene rings is 3. The SMILES string of the molecule is COc1ccc(CN2C(=O)N(c3cccc(OC)c3)C(=O)[C@H]2CC(=O)Nc2ccc(F)cc2)cc1. The van der Waals surface area contributed by atoms with Crippen molar-refractivity contribution >= 4 is 29.2 Å². The molecule has 1 aliphatic heterocycles. The number of imide groups is 1. The average Bonchev–Trinajstić information content (AvgIpc) is 3.09. The summed E-state index contributed by atoms with van der Waals surface area (Å²) in [5.74, 6) is -0.284. The minimum atomic E-state index is -1.03. The zero-order valence-corrected chi connectivity index (χ0v) is 19.2. The number of amides is 4. The largest absolute Gasteiger partial charge is 0.497 e. The van der Waals surface area contributed by atoms with E-state index in [4.69, 9.17) is 9.47 Å². The molecule has 1 atom stereocenters. The highest BCUT2D eigenvalue weighted by Crippen LogP contribution is 2.31. The molecule has 9 heteroatoms. The highest BCUT2D eigenvalue weighted by Gasteiger charge is 2.46. The van der Waals surface area contributed by atoms with Crippen LogP contribution in [0.1, 0.15) is 12.0 Å². The summed E-state index contributed by atoms with van der Waals surface area (Å²) in [4.78, 5) is 42.1. The molecule has 8 nitrogen and oxygen atoms in total. The van der Waals surface area contributed by atoms with Gasteiger partial charge < -0.3 is 19.7 Å². The van der Waals surface area contributed by atoms with Crippen molar-refractivity contribution in [3.8, 4) is 11.5 Å². The number of carbonyl (C=O) groups is 3. The Morgan fingerprint density at radius 3 is 2.29 bits per heavy atom. The van der Waals surface area contributed by atoms with Crippen LogP contribution in [0.5, 0.6) is 11.5 Å². The number of ether oxygens (including phenoxy) is 2. The van der Waals surface area contributed by atoms with Crippen molar-refractivity contribution in [1.29, 1.82) is 0 Å². The Hall–Kier alpha value is -4.40. The van der Waals surface area contributed by atoms with E-state index in [0.717, 1.165) is 10.5 Å². The number of methoxy groups -OCH3 is 2. The number of nitrogens with zero attached hydrogens (tertiary/aromatic N) is 2. The summed E-state index contributed by atoms with van der Waals surface area (Å²) in [6.45, 7) is 0.115. The molecular weight excluding hydrogens is 453 g/mol. The molecule has 1 saturated heterocycles. The van der Waals surface area contributed by atoms with E-state index in [1.54, 1.807) is 55.6 Å². The van der Waals surface area contributed by atoms with Crippen molar-refractivity contribution in [1.82, 2.24) is 4.90 Å². The van der Waals surface area contributed by atoms with Crippen LogP contribution in [0, 0.1) is 5.82 Å². The van der Waals surface area contributed by atoms with Gasteiger partial charge in [0.2, 0.25) is 5.91 Å². The van der Waals surface area contributed by atoms with Gasteiger partial charge in [-0.25, -0.2) is 14.1 Å². The molecule has 180 valence electrons. The average molecular weight is 477 g/mol. The number of anilines is 2. The third kappa shape index (κ3) is 5.24. The quantitative estimate of drug-likeness (QED) is 0.491. The Morgan fingerprint density at radius 1 is 0.943 bits per heavy atom. The zero-order valence-electron chi connectivity index (χ0n) is 19.2. The number of rotatable bonds is 8. The lowest BCUT2D eigenvalue weighted by Gasteiger charge is -2.22. The molecule has 0 radical (unpaired) electrons. The normalized spacial score (nSPS) is 15.3. The molecule has 0 saturated carbocycles. The number of nitrogens with one attached hydrogen (secondary N) is 1. The standard InChI is InChI=1S/C26H24FN3O5/c1-34-21-12-6-17(7-13-21)16-29-23(15-24(31)28-19-10-8-18(27)9-11-19)25(32)30(26(29)33)20-4-3-5-22(14-20)35-2/h3-14,23H,15-16H2,1-2H3,(H,28,31)/t23-/m1/s1. The molecule has 3 aromatic rings. The van der Waals surface area contributed by atoms with E-state index < -0.39 is 29.7 Å². The first-order valence-electron chi connectivity index (χ1n) is 10.9. The fourth-order valence-electron chi connectivity index (χ4n) is 3.85. The first-order chi connectivity index (χ1) is 16.9. The lowest BCUT2D eigenvalue weighted by Crippen LogP contribution is -2.37. The van der Waals surface area contributed by atoms with Crippen molar-refractivity contribution in [2.24, 2.45) is 0 Å². The zero-order chi connectivity index (χ0) is 24.9. The summed E-state index contributed by atoms with van der Waals surface area (Å²) in [7, 11) is 3.05. The number of hydrogen-bond acceptors (Lipinski definition) is 5. The van der Waals surface area contributed by atoms with E-state index in [1.165, 1.54) is 36.3 Å². The van der Waals surface area contributed by atoms with Crippen LogP contribution in [0.3, 0.4) is 0 Å². The second-order valence-electron chi connectivity index (χ2n) is 7.91. The maximum absolute atomic E-state index is 13.4. The lowest BCUT2D eigenvalue weighted by atomic mass is 10.1. The molecule has 0 unspecified atom stereocenters. The summed E-state index contributed by atoms with van der Waals surface area (Å²) < 4.78 is 23.6. The van der Waals surface area contributed by atoms with Gasteiger partial charge in [-0.1, -0.05) is 18.2 Å². The number of carbonyl (C=O) groups excluding carboxylic acids is 3. The van der Waals surface area contributed by atoms with Gasteiger partial charge in [0, 0.05) is 18.3 Å². The Kier molecular flexibility index (Phi) is 6.96. The van der Waals surface area contributed by atoms with E-state index in [2.05, 4.69) is 5.32 Å². The molecule has 0 aromatic heterocycles. The lowest BCUT2D eigenvalue weighted by molar-refractivity contribution is -0.124. The van der Waals surface area contributed by atoms with Gasteiger partial charge in [0.05, 0.1) is 26.3 Å². The molecule has 0 aliphatic carbocycles. The summed E-state index contributed by atoms with van der Waals surface area (Å²) in [6.07, 6.45) is -0.265. The Bertz CT molecular complexity index is 1230. The summed E-state index contributed by atoms with van der Waals surface area (Å²) >= 11 is 0. The molecule has 4 rings (SSSR count). The summed E-state index contributed by atoms with van der Waals surface area (Å²) in [5.41, 5.74) is 1.50. The van der Waals surface area contributed by atoms with Crippen molar-refractivity contribution in [3.63, 3.8) is 0 Å². The van der Waals surface area contributed by atoms with Crippen LogP contribution in [0.2, 0.25) is 0 Å². The Balaban J connectivity index is 1.61. The third-order valence-corrected chi connectivity index (χ3v) is 5.65. The molecule has 1 N–H and O–H groups in total. The molecule has 1 fully saturated rings. The smallest absolute Gasteiger partial charge is 0.332 e. The van der Waals surface area contributed by atoms with E-state index in [9.17, 15) is 18.8 Å². The van der Waals surface area contributed by atoms with E-state index >= 15 is 0 Å². The van der Waals surface area contributed by atoms with Gasteiger partial charge in [-0.15, -0.1) is 0 Å². The number of halogens is 1.